The summed E-state index contributed by atoms with van der Waals surface area (Å²) in [5.41, 5.74) is 4.91. The standard InChI is InChI=1S/C29H31N5O3/c35-28(30-14-3-15-33-16-18-37-19-17-33)23-10-12-25(13-11-23)32-29(36)24-8-6-22(7-9-24)20-34-21-31-26-4-1-2-5-27(26)34/h1-2,4-13,21H,3,14-20H2,(H,30,35)(H,32,36). The molecule has 0 radical (unpaired) electrons. The van der Waals surface area contributed by atoms with Gasteiger partial charge < -0.3 is 19.9 Å². The minimum absolute atomic E-state index is 0.110. The van der Waals surface area contributed by atoms with Gasteiger partial charge in [0.15, 0.2) is 0 Å². The van der Waals surface area contributed by atoms with E-state index in [2.05, 4.69) is 25.1 Å². The number of anilines is 1. The number of nitrogens with one attached hydrogen (secondary N) is 2. The minimum Gasteiger partial charge on any atom is -0.379 e. The van der Waals surface area contributed by atoms with E-state index in [9.17, 15) is 9.59 Å². The van der Waals surface area contributed by atoms with Crippen molar-refractivity contribution in [3.05, 3.63) is 95.8 Å². The Hall–Kier alpha value is -4.01. The second-order valence-corrected chi connectivity index (χ2v) is 9.15. The van der Waals surface area contributed by atoms with Gasteiger partial charge in [-0.15, -0.1) is 0 Å². The van der Waals surface area contributed by atoms with Gasteiger partial charge in [0.25, 0.3) is 11.8 Å². The first-order valence-electron chi connectivity index (χ1n) is 12.6. The summed E-state index contributed by atoms with van der Waals surface area (Å²) in [5.74, 6) is -0.305. The van der Waals surface area contributed by atoms with Crippen LogP contribution in [-0.2, 0) is 11.3 Å². The number of aromatic nitrogens is 2. The van der Waals surface area contributed by atoms with Gasteiger partial charge in [0.1, 0.15) is 0 Å². The van der Waals surface area contributed by atoms with Crippen molar-refractivity contribution in [1.82, 2.24) is 19.8 Å². The number of carbonyl (C=O) groups is 2. The van der Waals surface area contributed by atoms with Gasteiger partial charge >= 0.3 is 0 Å². The van der Waals surface area contributed by atoms with Crippen LogP contribution in [0.1, 0.15) is 32.7 Å². The third-order valence-corrected chi connectivity index (χ3v) is 6.54. The monoisotopic (exact) mass is 497 g/mol. The van der Waals surface area contributed by atoms with Crippen molar-refractivity contribution in [2.75, 3.05) is 44.7 Å². The highest BCUT2D eigenvalue weighted by molar-refractivity contribution is 6.04. The first-order valence-corrected chi connectivity index (χ1v) is 12.6. The van der Waals surface area contributed by atoms with Crippen LogP contribution in [0.2, 0.25) is 0 Å². The normalized spacial score (nSPS) is 13.9. The Balaban J connectivity index is 1.09. The van der Waals surface area contributed by atoms with E-state index in [1.54, 1.807) is 24.3 Å². The molecule has 2 N–H and O–H groups in total. The molecule has 0 unspecified atom stereocenters. The highest BCUT2D eigenvalue weighted by atomic mass is 16.5. The van der Waals surface area contributed by atoms with Crippen LogP contribution in [0.25, 0.3) is 11.0 Å². The fourth-order valence-electron chi connectivity index (χ4n) is 4.43. The van der Waals surface area contributed by atoms with E-state index in [1.165, 1.54) is 0 Å². The molecule has 0 aliphatic carbocycles. The maximum absolute atomic E-state index is 12.7. The molecular formula is C29H31N5O3. The molecule has 5 rings (SSSR count). The largest absolute Gasteiger partial charge is 0.379 e. The average Bonchev–Trinajstić information content (AvgIpc) is 3.35. The molecule has 190 valence electrons. The van der Waals surface area contributed by atoms with E-state index in [0.717, 1.165) is 55.9 Å². The summed E-state index contributed by atoms with van der Waals surface area (Å²) >= 11 is 0. The van der Waals surface area contributed by atoms with Gasteiger partial charge in [-0.2, -0.15) is 0 Å². The van der Waals surface area contributed by atoms with Crippen LogP contribution in [0.15, 0.2) is 79.1 Å². The summed E-state index contributed by atoms with van der Waals surface area (Å²) in [4.78, 5) is 31.9. The van der Waals surface area contributed by atoms with E-state index in [-0.39, 0.29) is 11.8 Å². The zero-order valence-corrected chi connectivity index (χ0v) is 20.7. The Morgan fingerprint density at radius 1 is 0.865 bits per heavy atom. The van der Waals surface area contributed by atoms with Crippen molar-refractivity contribution in [3.8, 4) is 0 Å². The molecular weight excluding hydrogens is 466 g/mol. The van der Waals surface area contributed by atoms with Crippen molar-refractivity contribution in [3.63, 3.8) is 0 Å². The van der Waals surface area contributed by atoms with Crippen molar-refractivity contribution < 1.29 is 14.3 Å². The van der Waals surface area contributed by atoms with Crippen LogP contribution in [0.5, 0.6) is 0 Å². The highest BCUT2D eigenvalue weighted by Gasteiger charge is 2.11. The molecule has 2 amide bonds. The number of morpholine rings is 1. The topological polar surface area (TPSA) is 88.5 Å². The number of hydrogen-bond acceptors (Lipinski definition) is 5. The molecule has 8 nitrogen and oxygen atoms in total. The Kier molecular flexibility index (Phi) is 7.88. The summed E-state index contributed by atoms with van der Waals surface area (Å²) in [6.45, 7) is 5.73. The summed E-state index contributed by atoms with van der Waals surface area (Å²) < 4.78 is 7.44. The lowest BCUT2D eigenvalue weighted by molar-refractivity contribution is 0.0374. The highest BCUT2D eigenvalue weighted by Crippen LogP contribution is 2.16. The number of nitrogens with zero attached hydrogens (tertiary/aromatic N) is 3. The third kappa shape index (κ3) is 6.41. The number of benzene rings is 3. The predicted molar refractivity (Wildman–Crippen MR) is 144 cm³/mol. The van der Waals surface area contributed by atoms with Gasteiger partial charge in [0.2, 0.25) is 0 Å². The number of imidazole rings is 1. The molecule has 1 fully saturated rings. The molecule has 1 aromatic heterocycles. The van der Waals surface area contributed by atoms with Gasteiger partial charge in [-0.3, -0.25) is 14.5 Å². The average molecular weight is 498 g/mol. The Morgan fingerprint density at radius 2 is 1.57 bits per heavy atom. The molecule has 3 aromatic carbocycles. The number of hydrogen-bond donors (Lipinski definition) is 2. The summed E-state index contributed by atoms with van der Waals surface area (Å²) in [7, 11) is 0. The lowest BCUT2D eigenvalue weighted by Crippen LogP contribution is -2.38. The summed E-state index contributed by atoms with van der Waals surface area (Å²) in [6, 6.07) is 22.5. The van der Waals surface area contributed by atoms with Gasteiger partial charge in [-0.25, -0.2) is 4.98 Å². The number of rotatable bonds is 9. The number of ether oxygens (including phenoxy) is 1. The maximum atomic E-state index is 12.7. The third-order valence-electron chi connectivity index (χ3n) is 6.54. The molecule has 8 heteroatoms. The zero-order valence-electron chi connectivity index (χ0n) is 20.7. The molecule has 2 heterocycles. The zero-order chi connectivity index (χ0) is 25.5. The molecule has 0 atom stereocenters. The molecule has 1 aliphatic rings. The smallest absolute Gasteiger partial charge is 0.255 e. The van der Waals surface area contributed by atoms with E-state index < -0.39 is 0 Å². The minimum atomic E-state index is -0.194. The van der Waals surface area contributed by atoms with Crippen LogP contribution in [-0.4, -0.2) is 65.7 Å². The molecule has 1 saturated heterocycles. The van der Waals surface area contributed by atoms with Gasteiger partial charge in [-0.05, 0) is 67.1 Å². The van der Waals surface area contributed by atoms with Crippen molar-refractivity contribution >= 4 is 28.5 Å². The summed E-state index contributed by atoms with van der Waals surface area (Å²) in [5, 5.41) is 5.87. The second kappa shape index (κ2) is 11.8. The number of para-hydroxylation sites is 2. The van der Waals surface area contributed by atoms with Crippen LogP contribution < -0.4 is 10.6 Å². The van der Waals surface area contributed by atoms with E-state index >= 15 is 0 Å². The molecule has 0 bridgehead atoms. The molecule has 4 aromatic rings. The van der Waals surface area contributed by atoms with Crippen molar-refractivity contribution in [2.45, 2.75) is 13.0 Å². The van der Waals surface area contributed by atoms with Crippen LogP contribution in [0.3, 0.4) is 0 Å². The number of amides is 2. The lowest BCUT2D eigenvalue weighted by Gasteiger charge is -2.26. The fourth-order valence-corrected chi connectivity index (χ4v) is 4.43. The first-order chi connectivity index (χ1) is 18.2. The molecule has 37 heavy (non-hydrogen) atoms. The number of fused-ring (bicyclic) bond motifs is 1. The fraction of sp³-hybridized carbons (Fsp3) is 0.276. The maximum Gasteiger partial charge on any atom is 0.255 e. The van der Waals surface area contributed by atoms with E-state index in [4.69, 9.17) is 4.74 Å². The van der Waals surface area contributed by atoms with Crippen LogP contribution >= 0.6 is 0 Å². The Bertz CT molecular complexity index is 1340. The molecule has 0 spiro atoms. The van der Waals surface area contributed by atoms with Crippen LogP contribution in [0.4, 0.5) is 5.69 Å². The lowest BCUT2D eigenvalue weighted by atomic mass is 10.1. The van der Waals surface area contributed by atoms with Crippen LogP contribution in [0, 0.1) is 0 Å². The van der Waals surface area contributed by atoms with Crippen molar-refractivity contribution in [2.24, 2.45) is 0 Å². The second-order valence-electron chi connectivity index (χ2n) is 9.15. The molecule has 0 saturated carbocycles. The molecule has 1 aliphatic heterocycles. The van der Waals surface area contributed by atoms with Gasteiger partial charge in [0.05, 0.1) is 30.6 Å². The van der Waals surface area contributed by atoms with E-state index in [1.807, 2.05) is 54.9 Å². The van der Waals surface area contributed by atoms with E-state index in [0.29, 0.717) is 29.9 Å². The Morgan fingerprint density at radius 3 is 2.35 bits per heavy atom. The SMILES string of the molecule is O=C(NCCCN1CCOCC1)c1ccc(NC(=O)c2ccc(Cn3cnc4ccccc43)cc2)cc1. The van der Waals surface area contributed by atoms with Gasteiger partial charge in [-0.1, -0.05) is 24.3 Å². The van der Waals surface area contributed by atoms with Crippen molar-refractivity contribution in [1.29, 1.82) is 0 Å². The summed E-state index contributed by atoms with van der Waals surface area (Å²) in [6.07, 6.45) is 2.73. The Labute approximate surface area is 216 Å². The number of carbonyl (C=O) groups excluding carboxylic acids is 2. The quantitative estimate of drug-likeness (QED) is 0.344. The first kappa shape index (κ1) is 24.7. The van der Waals surface area contributed by atoms with Gasteiger partial charge in [0, 0.05) is 43.0 Å². The predicted octanol–water partition coefficient (Wildman–Crippen LogP) is 3.79.